The molecule has 1 aliphatic rings. The molecule has 1 atom stereocenters. The molecule has 0 saturated carbocycles. The van der Waals surface area contributed by atoms with E-state index in [0.717, 1.165) is 19.4 Å². The molecule has 20 heavy (non-hydrogen) atoms. The van der Waals surface area contributed by atoms with Crippen LogP contribution in [0.15, 0.2) is 22.7 Å². The van der Waals surface area contributed by atoms with Crippen LogP contribution in [0, 0.1) is 5.41 Å². The average molecular weight is 341 g/mol. The molecule has 1 heterocycles. The molecule has 3 N–H and O–H groups in total. The summed E-state index contributed by atoms with van der Waals surface area (Å²) in [4.78, 5) is 23.4. The van der Waals surface area contributed by atoms with Gasteiger partial charge in [-0.2, -0.15) is 0 Å². The molecule has 1 aliphatic heterocycles. The fourth-order valence-electron chi connectivity index (χ4n) is 2.32. The van der Waals surface area contributed by atoms with Crippen LogP contribution in [0.3, 0.4) is 0 Å². The van der Waals surface area contributed by atoms with Gasteiger partial charge in [-0.3, -0.25) is 4.79 Å². The van der Waals surface area contributed by atoms with Crippen LogP contribution in [0.5, 0.6) is 0 Å². The molecule has 1 amide bonds. The maximum absolute atomic E-state index is 12.4. The molecule has 108 valence electrons. The molecule has 1 unspecified atom stereocenters. The topological polar surface area (TPSA) is 78.4 Å². The lowest BCUT2D eigenvalue weighted by molar-refractivity contribution is -0.125. The third-order valence-corrected chi connectivity index (χ3v) is 4.01. The minimum absolute atomic E-state index is 0.0841. The smallest absolute Gasteiger partial charge is 0.335 e. The van der Waals surface area contributed by atoms with Gasteiger partial charge in [0.05, 0.1) is 11.0 Å². The van der Waals surface area contributed by atoms with Gasteiger partial charge >= 0.3 is 5.97 Å². The van der Waals surface area contributed by atoms with Gasteiger partial charge in [0.2, 0.25) is 5.91 Å². The lowest BCUT2D eigenvalue weighted by Gasteiger charge is -2.32. The Hall–Kier alpha value is -1.40. The summed E-state index contributed by atoms with van der Waals surface area (Å²) in [6.45, 7) is 3.49. The predicted molar refractivity (Wildman–Crippen MR) is 79.9 cm³/mol. The number of aromatic carboxylic acids is 1. The first-order chi connectivity index (χ1) is 9.40. The van der Waals surface area contributed by atoms with Crippen LogP contribution in [0.1, 0.15) is 30.1 Å². The van der Waals surface area contributed by atoms with E-state index in [1.807, 2.05) is 6.92 Å². The van der Waals surface area contributed by atoms with Gasteiger partial charge in [0.25, 0.3) is 0 Å². The van der Waals surface area contributed by atoms with Crippen molar-refractivity contribution in [2.45, 2.75) is 19.8 Å². The van der Waals surface area contributed by atoms with Crippen molar-refractivity contribution < 1.29 is 14.7 Å². The maximum atomic E-state index is 12.4. The number of rotatable bonds is 3. The zero-order chi connectivity index (χ0) is 14.8. The van der Waals surface area contributed by atoms with Crippen LogP contribution < -0.4 is 10.6 Å². The Balaban J connectivity index is 2.17. The summed E-state index contributed by atoms with van der Waals surface area (Å²) < 4.78 is 0.625. The number of carbonyl (C=O) groups excluding carboxylic acids is 1. The van der Waals surface area contributed by atoms with Gasteiger partial charge in [-0.15, -0.1) is 0 Å². The normalized spacial score (nSPS) is 22.3. The largest absolute Gasteiger partial charge is 0.478 e. The van der Waals surface area contributed by atoms with Gasteiger partial charge in [0, 0.05) is 16.7 Å². The summed E-state index contributed by atoms with van der Waals surface area (Å²) in [6, 6.07) is 4.66. The molecule has 6 heteroatoms. The standard InChI is InChI=1S/C14H17BrN2O3/c1-14(3-2-4-16-8-14)13(20)17-11-6-9(12(18)19)5-10(15)7-11/h5-7,16H,2-4,8H2,1H3,(H,17,20)(H,18,19). The fraction of sp³-hybridized carbons (Fsp3) is 0.429. The van der Waals surface area contributed by atoms with Crippen molar-refractivity contribution in [3.05, 3.63) is 28.2 Å². The molecule has 5 nitrogen and oxygen atoms in total. The minimum Gasteiger partial charge on any atom is -0.478 e. The minimum atomic E-state index is -1.02. The number of carboxylic acid groups (broad SMARTS) is 1. The van der Waals surface area contributed by atoms with Crippen molar-refractivity contribution in [1.82, 2.24) is 5.32 Å². The maximum Gasteiger partial charge on any atom is 0.335 e. The summed E-state index contributed by atoms with van der Waals surface area (Å²) in [5.74, 6) is -1.11. The quantitative estimate of drug-likeness (QED) is 0.789. The van der Waals surface area contributed by atoms with E-state index in [1.54, 1.807) is 6.07 Å². The van der Waals surface area contributed by atoms with E-state index in [1.165, 1.54) is 12.1 Å². The Morgan fingerprint density at radius 2 is 2.15 bits per heavy atom. The van der Waals surface area contributed by atoms with E-state index in [9.17, 15) is 9.59 Å². The number of benzene rings is 1. The number of carbonyl (C=O) groups is 2. The number of carboxylic acids is 1. The molecule has 1 saturated heterocycles. The number of nitrogens with one attached hydrogen (secondary N) is 2. The van der Waals surface area contributed by atoms with Crippen LogP contribution in [-0.4, -0.2) is 30.1 Å². The molecule has 2 rings (SSSR count). The van der Waals surface area contributed by atoms with E-state index in [-0.39, 0.29) is 11.5 Å². The molecule has 0 aromatic heterocycles. The predicted octanol–water partition coefficient (Wildman–Crippen LogP) is 2.48. The van der Waals surface area contributed by atoms with Gasteiger partial charge in [0.1, 0.15) is 0 Å². The van der Waals surface area contributed by atoms with Gasteiger partial charge in [-0.25, -0.2) is 4.79 Å². The van der Waals surface area contributed by atoms with Crippen molar-refractivity contribution in [3.8, 4) is 0 Å². The van der Waals surface area contributed by atoms with Crippen LogP contribution in [0.4, 0.5) is 5.69 Å². The number of amides is 1. The van der Waals surface area contributed by atoms with Gasteiger partial charge < -0.3 is 15.7 Å². The molecular formula is C14H17BrN2O3. The highest BCUT2D eigenvalue weighted by molar-refractivity contribution is 9.10. The molecule has 0 aliphatic carbocycles. The highest BCUT2D eigenvalue weighted by Gasteiger charge is 2.34. The highest BCUT2D eigenvalue weighted by Crippen LogP contribution is 2.28. The Kier molecular flexibility index (Phi) is 4.45. The van der Waals surface area contributed by atoms with Crippen LogP contribution in [-0.2, 0) is 4.79 Å². The van der Waals surface area contributed by atoms with E-state index in [2.05, 4.69) is 26.6 Å². The van der Waals surface area contributed by atoms with Crippen LogP contribution >= 0.6 is 15.9 Å². The summed E-state index contributed by atoms with van der Waals surface area (Å²) in [7, 11) is 0. The lowest BCUT2D eigenvalue weighted by atomic mass is 9.82. The molecule has 0 bridgehead atoms. The summed E-state index contributed by atoms with van der Waals surface area (Å²) >= 11 is 3.25. The number of hydrogen-bond donors (Lipinski definition) is 3. The number of hydrogen-bond acceptors (Lipinski definition) is 3. The summed E-state index contributed by atoms with van der Waals surface area (Å²) in [5, 5.41) is 15.1. The zero-order valence-electron chi connectivity index (χ0n) is 11.2. The summed E-state index contributed by atoms with van der Waals surface area (Å²) in [6.07, 6.45) is 1.79. The van der Waals surface area contributed by atoms with E-state index < -0.39 is 11.4 Å². The molecule has 1 aromatic rings. The molecule has 0 radical (unpaired) electrons. The second kappa shape index (κ2) is 5.93. The lowest BCUT2D eigenvalue weighted by Crippen LogP contribution is -2.46. The van der Waals surface area contributed by atoms with Crippen molar-refractivity contribution in [3.63, 3.8) is 0 Å². The Bertz CT molecular complexity index is 539. The van der Waals surface area contributed by atoms with Gasteiger partial charge in [-0.05, 0) is 44.5 Å². The van der Waals surface area contributed by atoms with Crippen molar-refractivity contribution in [1.29, 1.82) is 0 Å². The first-order valence-corrected chi connectivity index (χ1v) is 7.26. The van der Waals surface area contributed by atoms with Gasteiger partial charge in [-0.1, -0.05) is 15.9 Å². The Labute approximate surface area is 125 Å². The Morgan fingerprint density at radius 3 is 2.75 bits per heavy atom. The second-order valence-corrected chi connectivity index (χ2v) is 6.24. The van der Waals surface area contributed by atoms with E-state index >= 15 is 0 Å². The van der Waals surface area contributed by atoms with Crippen molar-refractivity contribution >= 4 is 33.5 Å². The fourth-order valence-corrected chi connectivity index (χ4v) is 2.81. The van der Waals surface area contributed by atoms with Crippen molar-refractivity contribution in [2.75, 3.05) is 18.4 Å². The SMILES string of the molecule is CC1(C(=O)Nc2cc(Br)cc(C(=O)O)c2)CCCNC1. The second-order valence-electron chi connectivity index (χ2n) is 5.33. The Morgan fingerprint density at radius 1 is 1.40 bits per heavy atom. The molecule has 0 spiro atoms. The average Bonchev–Trinajstić information content (AvgIpc) is 2.38. The first kappa shape index (κ1) is 15.0. The number of anilines is 1. The summed E-state index contributed by atoms with van der Waals surface area (Å²) in [5.41, 5.74) is 0.180. The number of piperidine rings is 1. The van der Waals surface area contributed by atoms with Crippen LogP contribution in [0.25, 0.3) is 0 Å². The van der Waals surface area contributed by atoms with E-state index in [0.29, 0.717) is 16.7 Å². The number of halogens is 1. The molecule has 1 fully saturated rings. The van der Waals surface area contributed by atoms with E-state index in [4.69, 9.17) is 5.11 Å². The molecular weight excluding hydrogens is 324 g/mol. The highest BCUT2D eigenvalue weighted by atomic mass is 79.9. The van der Waals surface area contributed by atoms with Crippen molar-refractivity contribution in [2.24, 2.45) is 5.41 Å². The first-order valence-electron chi connectivity index (χ1n) is 6.47. The van der Waals surface area contributed by atoms with Crippen LogP contribution in [0.2, 0.25) is 0 Å². The van der Waals surface area contributed by atoms with Gasteiger partial charge in [0.15, 0.2) is 0 Å². The monoisotopic (exact) mass is 340 g/mol. The zero-order valence-corrected chi connectivity index (χ0v) is 12.8. The third-order valence-electron chi connectivity index (χ3n) is 3.55. The molecule has 1 aromatic carbocycles. The third kappa shape index (κ3) is 3.37.